The number of aliphatic hydroxyl groups excluding tert-OH is 2. The third kappa shape index (κ3) is 4.70. The van der Waals surface area contributed by atoms with Gasteiger partial charge in [0.25, 0.3) is 0 Å². The van der Waals surface area contributed by atoms with Gasteiger partial charge in [0.1, 0.15) is 24.9 Å². The van der Waals surface area contributed by atoms with E-state index in [1.807, 2.05) is 0 Å². The maximum atomic E-state index is 11.7. The highest BCUT2D eigenvalue weighted by Gasteiger charge is 2.37. The Morgan fingerprint density at radius 1 is 1.35 bits per heavy atom. The number of hydrogen-bond donors (Lipinski definition) is 2. The molecule has 0 fully saturated rings. The van der Waals surface area contributed by atoms with Crippen molar-refractivity contribution in [2.45, 2.75) is 51.4 Å². The second-order valence-corrected chi connectivity index (χ2v) is 4.81. The Kier molecular flexibility index (Phi) is 6.84. The molecule has 0 saturated heterocycles. The van der Waals surface area contributed by atoms with Crippen LogP contribution in [-0.2, 0) is 19.1 Å². The molecule has 0 amide bonds. The Hall–Kier alpha value is -1.24. The summed E-state index contributed by atoms with van der Waals surface area (Å²) in [6, 6.07) is 0. The highest BCUT2D eigenvalue weighted by atomic mass is 16.5. The molecule has 1 rings (SSSR count). The molecule has 3 atom stereocenters. The van der Waals surface area contributed by atoms with Crippen LogP contribution in [0.5, 0.6) is 0 Å². The molecule has 0 saturated carbocycles. The van der Waals surface area contributed by atoms with Crippen molar-refractivity contribution in [2.75, 3.05) is 13.2 Å². The van der Waals surface area contributed by atoms with Crippen molar-refractivity contribution in [1.82, 2.24) is 0 Å². The highest BCUT2D eigenvalue weighted by Crippen LogP contribution is 2.19. The first kappa shape index (κ1) is 16.8. The molecule has 20 heavy (non-hydrogen) atoms. The van der Waals surface area contributed by atoms with Crippen LogP contribution < -0.4 is 0 Å². The minimum absolute atomic E-state index is 0.151. The summed E-state index contributed by atoms with van der Waals surface area (Å²) in [5.74, 6) is -1.15. The summed E-state index contributed by atoms with van der Waals surface area (Å²) >= 11 is 0. The van der Waals surface area contributed by atoms with Crippen LogP contribution in [0.2, 0.25) is 0 Å². The van der Waals surface area contributed by atoms with Gasteiger partial charge in [-0.1, -0.05) is 19.8 Å². The number of unbranched alkanes of at least 4 members (excludes halogenated alkanes) is 2. The molecule has 0 unspecified atom stereocenters. The van der Waals surface area contributed by atoms with Gasteiger partial charge < -0.3 is 19.7 Å². The maximum Gasteiger partial charge on any atom is 0.302 e. The van der Waals surface area contributed by atoms with E-state index in [-0.39, 0.29) is 12.2 Å². The van der Waals surface area contributed by atoms with Gasteiger partial charge in [0.15, 0.2) is 5.78 Å². The van der Waals surface area contributed by atoms with Gasteiger partial charge in [0, 0.05) is 19.1 Å². The summed E-state index contributed by atoms with van der Waals surface area (Å²) in [7, 11) is 0. The van der Waals surface area contributed by atoms with Gasteiger partial charge >= 0.3 is 5.97 Å². The molecule has 1 aliphatic carbocycles. The molecular formula is C14H22O6. The topological polar surface area (TPSA) is 93.1 Å². The molecule has 0 aromatic carbocycles. The maximum absolute atomic E-state index is 11.7. The van der Waals surface area contributed by atoms with Crippen molar-refractivity contribution in [3.05, 3.63) is 11.6 Å². The predicted octanol–water partition coefficient (Wildman–Crippen LogP) is 0.356. The van der Waals surface area contributed by atoms with Gasteiger partial charge in [-0.25, -0.2) is 0 Å². The molecule has 0 spiro atoms. The lowest BCUT2D eigenvalue weighted by Gasteiger charge is -2.29. The number of Topliss-reactive ketones (excluding diaryl/α,β-unsaturated/α-hetero) is 1. The van der Waals surface area contributed by atoms with E-state index in [1.165, 1.54) is 13.0 Å². The monoisotopic (exact) mass is 286 g/mol. The van der Waals surface area contributed by atoms with Crippen LogP contribution in [0, 0.1) is 0 Å². The largest absolute Gasteiger partial charge is 0.461 e. The second kappa shape index (κ2) is 8.14. The lowest BCUT2D eigenvalue weighted by atomic mass is 9.91. The molecule has 0 aromatic rings. The molecule has 0 bridgehead atoms. The van der Waals surface area contributed by atoms with E-state index in [1.54, 1.807) is 0 Å². The van der Waals surface area contributed by atoms with Crippen LogP contribution in [0.3, 0.4) is 0 Å². The number of aliphatic hydroxyl groups is 2. The van der Waals surface area contributed by atoms with Gasteiger partial charge in [-0.05, 0) is 12.5 Å². The van der Waals surface area contributed by atoms with Crippen molar-refractivity contribution in [3.8, 4) is 0 Å². The van der Waals surface area contributed by atoms with E-state index in [2.05, 4.69) is 6.92 Å². The minimum Gasteiger partial charge on any atom is -0.461 e. The average molecular weight is 286 g/mol. The number of carbonyl (C=O) groups is 2. The van der Waals surface area contributed by atoms with Gasteiger partial charge in [0.05, 0.1) is 0 Å². The predicted molar refractivity (Wildman–Crippen MR) is 71.0 cm³/mol. The fraction of sp³-hybridized carbons (Fsp3) is 0.714. The first-order valence-electron chi connectivity index (χ1n) is 6.83. The zero-order chi connectivity index (χ0) is 15.1. The first-order valence-corrected chi connectivity index (χ1v) is 6.83. The normalized spacial score (nSPS) is 26.3. The molecule has 6 nitrogen and oxygen atoms in total. The number of rotatable bonds is 7. The van der Waals surface area contributed by atoms with E-state index in [0.717, 1.165) is 19.3 Å². The summed E-state index contributed by atoms with van der Waals surface area (Å²) in [5.41, 5.74) is 0.151. The molecule has 6 heteroatoms. The van der Waals surface area contributed by atoms with Crippen LogP contribution in [0.1, 0.15) is 33.1 Å². The quantitative estimate of drug-likeness (QED) is 0.518. The molecule has 0 heterocycles. The Morgan fingerprint density at radius 2 is 2.05 bits per heavy atom. The smallest absolute Gasteiger partial charge is 0.302 e. The summed E-state index contributed by atoms with van der Waals surface area (Å²) in [6.45, 7) is 3.52. The number of carbonyl (C=O) groups excluding carboxylic acids is 2. The van der Waals surface area contributed by atoms with Gasteiger partial charge in [0.2, 0.25) is 0 Å². The van der Waals surface area contributed by atoms with E-state index < -0.39 is 30.1 Å². The Labute approximate surface area is 118 Å². The van der Waals surface area contributed by atoms with E-state index in [0.29, 0.717) is 6.61 Å². The third-order valence-corrected chi connectivity index (χ3v) is 3.10. The Bertz CT molecular complexity index is 376. The Morgan fingerprint density at radius 3 is 2.65 bits per heavy atom. The lowest BCUT2D eigenvalue weighted by molar-refractivity contribution is -0.143. The van der Waals surface area contributed by atoms with Crippen molar-refractivity contribution in [3.63, 3.8) is 0 Å². The van der Waals surface area contributed by atoms with Gasteiger partial charge in [-0.15, -0.1) is 0 Å². The standard InChI is InChI=1S/C14H22O6/c1-3-4-5-6-19-11-7-10(8-20-9(2)15)12(16)14(18)13(11)17/h7,11,13-14,17-18H,3-6,8H2,1-2H3/t11-,13+,14+/m1/s1. The summed E-state index contributed by atoms with van der Waals surface area (Å²) < 4.78 is 10.2. The number of hydrogen-bond acceptors (Lipinski definition) is 6. The summed E-state index contributed by atoms with van der Waals surface area (Å²) in [6.07, 6.45) is 0.738. The van der Waals surface area contributed by atoms with Crippen molar-refractivity contribution >= 4 is 11.8 Å². The molecular weight excluding hydrogens is 264 g/mol. The Balaban J connectivity index is 2.65. The second-order valence-electron chi connectivity index (χ2n) is 4.81. The van der Waals surface area contributed by atoms with Crippen LogP contribution in [0.15, 0.2) is 11.6 Å². The average Bonchev–Trinajstić information content (AvgIpc) is 2.41. The number of esters is 1. The van der Waals surface area contributed by atoms with Crippen molar-refractivity contribution in [1.29, 1.82) is 0 Å². The highest BCUT2D eigenvalue weighted by molar-refractivity contribution is 6.00. The van der Waals surface area contributed by atoms with E-state index in [9.17, 15) is 19.8 Å². The van der Waals surface area contributed by atoms with E-state index >= 15 is 0 Å². The van der Waals surface area contributed by atoms with E-state index in [4.69, 9.17) is 9.47 Å². The zero-order valence-electron chi connectivity index (χ0n) is 11.9. The van der Waals surface area contributed by atoms with Crippen molar-refractivity contribution < 1.29 is 29.3 Å². The van der Waals surface area contributed by atoms with Crippen molar-refractivity contribution in [2.24, 2.45) is 0 Å². The molecule has 2 N–H and O–H groups in total. The fourth-order valence-electron chi connectivity index (χ4n) is 1.92. The molecule has 0 radical (unpaired) electrons. The molecule has 0 aliphatic heterocycles. The SMILES string of the molecule is CCCCCO[C@@H]1C=C(COC(C)=O)C(=O)[C@H](O)[C@H]1O. The van der Waals surface area contributed by atoms with Crippen LogP contribution in [0.4, 0.5) is 0 Å². The van der Waals surface area contributed by atoms with Crippen LogP contribution in [0.25, 0.3) is 0 Å². The molecule has 0 aromatic heterocycles. The molecule has 114 valence electrons. The first-order chi connectivity index (χ1) is 9.47. The lowest BCUT2D eigenvalue weighted by Crippen LogP contribution is -2.47. The van der Waals surface area contributed by atoms with Gasteiger partial charge in [-0.2, -0.15) is 0 Å². The number of ether oxygens (including phenoxy) is 2. The van der Waals surface area contributed by atoms with Crippen LogP contribution in [-0.4, -0.2) is 53.5 Å². The van der Waals surface area contributed by atoms with Crippen LogP contribution >= 0.6 is 0 Å². The minimum atomic E-state index is -1.54. The zero-order valence-corrected chi connectivity index (χ0v) is 11.9. The summed E-state index contributed by atoms with van der Waals surface area (Å²) in [5, 5.41) is 19.5. The van der Waals surface area contributed by atoms with Gasteiger partial charge in [-0.3, -0.25) is 9.59 Å². The third-order valence-electron chi connectivity index (χ3n) is 3.10. The number of ketones is 1. The fourth-order valence-corrected chi connectivity index (χ4v) is 1.92. The summed E-state index contributed by atoms with van der Waals surface area (Å²) in [4.78, 5) is 22.5. The molecule has 1 aliphatic rings.